The molecule has 150 valence electrons. The van der Waals surface area contributed by atoms with E-state index in [9.17, 15) is 19.5 Å². The fraction of sp³-hybridized carbons (Fsp3) is 0.591. The van der Waals surface area contributed by atoms with Crippen molar-refractivity contribution in [2.75, 3.05) is 11.9 Å². The second-order valence-electron chi connectivity index (χ2n) is 9.20. The van der Waals surface area contributed by atoms with Gasteiger partial charge >= 0.3 is 5.97 Å². The maximum absolute atomic E-state index is 12.4. The summed E-state index contributed by atoms with van der Waals surface area (Å²) in [6.07, 6.45) is 5.82. The largest absolute Gasteiger partial charge is 0.456 e. The Morgan fingerprint density at radius 1 is 1.11 bits per heavy atom. The lowest BCUT2D eigenvalue weighted by molar-refractivity contribution is -0.177. The Morgan fingerprint density at radius 3 is 2.32 bits per heavy atom. The zero-order valence-electron chi connectivity index (χ0n) is 16.2. The van der Waals surface area contributed by atoms with Gasteiger partial charge in [-0.25, -0.2) is 0 Å². The molecular formula is C22H27NO5. The molecule has 4 saturated carbocycles. The van der Waals surface area contributed by atoms with Crippen LogP contribution in [0.2, 0.25) is 0 Å². The van der Waals surface area contributed by atoms with Gasteiger partial charge in [0.1, 0.15) is 0 Å². The van der Waals surface area contributed by atoms with Crippen LogP contribution >= 0.6 is 0 Å². The van der Waals surface area contributed by atoms with Gasteiger partial charge in [0, 0.05) is 11.3 Å². The molecule has 28 heavy (non-hydrogen) atoms. The minimum atomic E-state index is -0.603. The molecule has 0 spiro atoms. The molecule has 0 radical (unpaired) electrons. The highest BCUT2D eigenvalue weighted by molar-refractivity contribution is 5.96. The first kappa shape index (κ1) is 19.1. The molecule has 2 unspecified atom stereocenters. The van der Waals surface area contributed by atoms with E-state index in [2.05, 4.69) is 5.32 Å². The van der Waals surface area contributed by atoms with Gasteiger partial charge in [0.05, 0.1) is 12.0 Å². The fourth-order valence-electron chi connectivity index (χ4n) is 6.10. The minimum Gasteiger partial charge on any atom is -0.456 e. The standard InChI is InChI=1S/C22H27NO5/c1-14(24)17-2-4-18(5-3-17)23-19(25)12-28-20(26)11-21-7-15-6-16(8-21)10-22(27,9-15)13-21/h2-5,15-16,27H,6-13H2,1H3,(H,23,25)/t15-,16+,21?,22?. The average Bonchev–Trinajstić information content (AvgIpc) is 2.58. The molecule has 6 heteroatoms. The van der Waals surface area contributed by atoms with Crippen LogP contribution in [0.4, 0.5) is 5.69 Å². The van der Waals surface area contributed by atoms with Crippen molar-refractivity contribution >= 4 is 23.3 Å². The van der Waals surface area contributed by atoms with Gasteiger partial charge in [0.15, 0.2) is 12.4 Å². The summed E-state index contributed by atoms with van der Waals surface area (Å²) >= 11 is 0. The third-order valence-corrected chi connectivity index (χ3v) is 6.61. The van der Waals surface area contributed by atoms with Gasteiger partial charge in [0.2, 0.25) is 0 Å². The van der Waals surface area contributed by atoms with Crippen LogP contribution in [0, 0.1) is 17.3 Å². The van der Waals surface area contributed by atoms with Crippen LogP contribution in [0.5, 0.6) is 0 Å². The molecule has 6 nitrogen and oxygen atoms in total. The van der Waals surface area contributed by atoms with E-state index in [1.54, 1.807) is 24.3 Å². The maximum Gasteiger partial charge on any atom is 0.306 e. The number of carbonyl (C=O) groups is 3. The second-order valence-corrected chi connectivity index (χ2v) is 9.20. The van der Waals surface area contributed by atoms with E-state index in [1.165, 1.54) is 13.3 Å². The number of benzene rings is 1. The molecule has 4 aliphatic carbocycles. The lowest BCUT2D eigenvalue weighted by Gasteiger charge is -2.60. The SMILES string of the molecule is CC(=O)c1ccc(NC(=O)COC(=O)CC23C[C@@H]4C[C@@H](CC(O)(C4)C2)C3)cc1. The molecule has 0 aromatic heterocycles. The Kier molecular flexibility index (Phi) is 4.78. The third kappa shape index (κ3) is 3.97. The van der Waals surface area contributed by atoms with E-state index in [0.29, 0.717) is 29.5 Å². The Morgan fingerprint density at radius 2 is 1.75 bits per heavy atom. The smallest absolute Gasteiger partial charge is 0.306 e. The normalized spacial score (nSPS) is 32.8. The van der Waals surface area contributed by atoms with Crippen molar-refractivity contribution in [3.63, 3.8) is 0 Å². The topological polar surface area (TPSA) is 92.7 Å². The van der Waals surface area contributed by atoms with Gasteiger partial charge in [-0.1, -0.05) is 0 Å². The summed E-state index contributed by atoms with van der Waals surface area (Å²) in [6, 6.07) is 6.57. The predicted molar refractivity (Wildman–Crippen MR) is 103 cm³/mol. The van der Waals surface area contributed by atoms with Gasteiger partial charge < -0.3 is 15.2 Å². The van der Waals surface area contributed by atoms with Crippen molar-refractivity contribution < 1.29 is 24.2 Å². The Balaban J connectivity index is 1.27. The lowest BCUT2D eigenvalue weighted by atomic mass is 9.47. The molecule has 4 atom stereocenters. The number of hydrogen-bond acceptors (Lipinski definition) is 5. The monoisotopic (exact) mass is 385 g/mol. The molecule has 5 rings (SSSR count). The summed E-state index contributed by atoms with van der Waals surface area (Å²) in [6.45, 7) is 1.15. The van der Waals surface area contributed by atoms with E-state index < -0.39 is 11.5 Å². The van der Waals surface area contributed by atoms with Gasteiger partial charge in [-0.05, 0) is 87.0 Å². The molecule has 0 saturated heterocycles. The molecule has 1 aromatic rings. The van der Waals surface area contributed by atoms with Crippen LogP contribution in [0.25, 0.3) is 0 Å². The molecule has 0 aliphatic heterocycles. The number of amides is 1. The summed E-state index contributed by atoms with van der Waals surface area (Å²) in [4.78, 5) is 35.7. The molecule has 4 aliphatic rings. The van der Waals surface area contributed by atoms with E-state index >= 15 is 0 Å². The number of rotatable bonds is 6. The highest BCUT2D eigenvalue weighted by Crippen LogP contribution is 2.62. The van der Waals surface area contributed by atoms with Crippen molar-refractivity contribution in [3.05, 3.63) is 29.8 Å². The third-order valence-electron chi connectivity index (χ3n) is 6.61. The fourth-order valence-corrected chi connectivity index (χ4v) is 6.10. The first-order chi connectivity index (χ1) is 13.2. The van der Waals surface area contributed by atoms with Crippen molar-refractivity contribution in [2.24, 2.45) is 17.3 Å². The van der Waals surface area contributed by atoms with Crippen LogP contribution in [-0.2, 0) is 14.3 Å². The highest BCUT2D eigenvalue weighted by atomic mass is 16.5. The summed E-state index contributed by atoms with van der Waals surface area (Å²) in [5.41, 5.74) is 0.360. The molecular weight excluding hydrogens is 358 g/mol. The Hall–Kier alpha value is -2.21. The van der Waals surface area contributed by atoms with Gasteiger partial charge in [-0.2, -0.15) is 0 Å². The van der Waals surface area contributed by atoms with E-state index in [-0.39, 0.29) is 30.2 Å². The van der Waals surface area contributed by atoms with Gasteiger partial charge in [-0.3, -0.25) is 14.4 Å². The van der Waals surface area contributed by atoms with Gasteiger partial charge in [-0.15, -0.1) is 0 Å². The molecule has 4 bridgehead atoms. The van der Waals surface area contributed by atoms with Crippen LogP contribution in [0.15, 0.2) is 24.3 Å². The number of ether oxygens (including phenoxy) is 1. The number of esters is 1. The molecule has 0 heterocycles. The maximum atomic E-state index is 12.4. The van der Waals surface area contributed by atoms with Crippen LogP contribution in [0.3, 0.4) is 0 Å². The molecule has 2 N–H and O–H groups in total. The summed E-state index contributed by atoms with van der Waals surface area (Å²) in [7, 11) is 0. The predicted octanol–water partition coefficient (Wildman–Crippen LogP) is 3.09. The van der Waals surface area contributed by atoms with Crippen molar-refractivity contribution in [2.45, 2.75) is 57.5 Å². The van der Waals surface area contributed by atoms with Crippen LogP contribution in [0.1, 0.15) is 62.2 Å². The Bertz CT molecular complexity index is 786. The van der Waals surface area contributed by atoms with E-state index in [0.717, 1.165) is 25.7 Å². The van der Waals surface area contributed by atoms with E-state index in [1.807, 2.05) is 0 Å². The molecule has 1 aromatic carbocycles. The van der Waals surface area contributed by atoms with Crippen LogP contribution < -0.4 is 5.32 Å². The quantitative estimate of drug-likeness (QED) is 0.580. The minimum absolute atomic E-state index is 0.0406. The number of hydrogen-bond donors (Lipinski definition) is 2. The number of anilines is 1. The number of aliphatic hydroxyl groups is 1. The molecule has 4 fully saturated rings. The van der Waals surface area contributed by atoms with Crippen molar-refractivity contribution in [3.8, 4) is 0 Å². The lowest BCUT2D eigenvalue weighted by Crippen LogP contribution is -2.56. The average molecular weight is 385 g/mol. The van der Waals surface area contributed by atoms with Gasteiger partial charge in [0.25, 0.3) is 5.91 Å². The van der Waals surface area contributed by atoms with E-state index in [4.69, 9.17) is 4.74 Å². The number of Topliss-reactive ketones (excluding diaryl/α,β-unsaturated/α-hetero) is 1. The number of ketones is 1. The van der Waals surface area contributed by atoms with Crippen molar-refractivity contribution in [1.29, 1.82) is 0 Å². The second kappa shape index (κ2) is 6.99. The summed E-state index contributed by atoms with van der Waals surface area (Å²) < 4.78 is 5.22. The highest BCUT2D eigenvalue weighted by Gasteiger charge is 2.57. The van der Waals surface area contributed by atoms with Crippen molar-refractivity contribution in [1.82, 2.24) is 0 Å². The summed E-state index contributed by atoms with van der Waals surface area (Å²) in [5.74, 6) is 0.211. The van der Waals surface area contributed by atoms with Crippen LogP contribution in [-0.4, -0.2) is 35.0 Å². The summed E-state index contributed by atoms with van der Waals surface area (Å²) in [5, 5.41) is 13.4. The number of nitrogens with one attached hydrogen (secondary N) is 1. The molecule has 1 amide bonds. The number of carbonyl (C=O) groups excluding carboxylic acids is 3. The first-order valence-corrected chi connectivity index (χ1v) is 10.0. The first-order valence-electron chi connectivity index (χ1n) is 10.0. The zero-order valence-corrected chi connectivity index (χ0v) is 16.2. The zero-order chi connectivity index (χ0) is 19.9. The Labute approximate surface area is 164 Å².